The van der Waals surface area contributed by atoms with Crippen molar-refractivity contribution in [2.24, 2.45) is 0 Å². The number of rotatable bonds is 6. The summed E-state index contributed by atoms with van der Waals surface area (Å²) in [4.78, 5) is 8.17. The summed E-state index contributed by atoms with van der Waals surface area (Å²) in [6.07, 6.45) is 8.01. The number of nitrogens with zero attached hydrogens (tertiary/aromatic N) is 3. The van der Waals surface area contributed by atoms with E-state index in [1.165, 1.54) is 132 Å². The number of para-hydroxylation sites is 2. The van der Waals surface area contributed by atoms with Crippen molar-refractivity contribution in [3.05, 3.63) is 209 Å². The highest BCUT2D eigenvalue weighted by molar-refractivity contribution is 7.00. The predicted octanol–water partition coefficient (Wildman–Crippen LogP) is 16.4. The summed E-state index contributed by atoms with van der Waals surface area (Å²) in [7, 11) is 0. The molecule has 0 spiro atoms. The molecule has 2 atom stereocenters. The number of benzene rings is 8. The fraction of sp³-hybridized carbons (Fsp3) is 0.304. The lowest BCUT2D eigenvalue weighted by atomic mass is 9.33. The lowest BCUT2D eigenvalue weighted by Gasteiger charge is -2.51. The highest BCUT2D eigenvalue weighted by Gasteiger charge is 2.58. The van der Waals surface area contributed by atoms with Gasteiger partial charge >= 0.3 is 0 Å². The topological polar surface area (TPSA) is 9.72 Å². The molecule has 0 aromatic heterocycles. The predicted molar refractivity (Wildman–Crippen MR) is 312 cm³/mol. The van der Waals surface area contributed by atoms with Crippen molar-refractivity contribution < 1.29 is 0 Å². The Morgan fingerprint density at radius 3 is 1.78 bits per heavy atom. The van der Waals surface area contributed by atoms with Crippen LogP contribution in [0.25, 0.3) is 11.1 Å². The van der Waals surface area contributed by atoms with Crippen molar-refractivity contribution in [2.45, 2.75) is 134 Å². The van der Waals surface area contributed by atoms with E-state index in [-0.39, 0.29) is 33.9 Å². The fourth-order valence-corrected chi connectivity index (χ4v) is 14.4. The van der Waals surface area contributed by atoms with Gasteiger partial charge in [0.2, 0.25) is 0 Å². The molecule has 3 nitrogen and oxygen atoms in total. The Morgan fingerprint density at radius 2 is 1.07 bits per heavy atom. The molecule has 8 aromatic carbocycles. The van der Waals surface area contributed by atoms with E-state index in [9.17, 15) is 0 Å². The van der Waals surface area contributed by atoms with E-state index in [4.69, 9.17) is 0 Å². The molecule has 0 saturated heterocycles. The van der Waals surface area contributed by atoms with E-state index in [1.54, 1.807) is 0 Å². The molecule has 5 aliphatic rings. The minimum absolute atomic E-state index is 0.0172. The van der Waals surface area contributed by atoms with Crippen molar-refractivity contribution >= 4 is 68.6 Å². The first-order valence-electron chi connectivity index (χ1n) is 27.3. The van der Waals surface area contributed by atoms with Gasteiger partial charge in [-0.25, -0.2) is 0 Å². The maximum Gasteiger partial charge on any atom is 0.252 e. The minimum atomic E-state index is -0.154. The second kappa shape index (κ2) is 16.4. The minimum Gasteiger partial charge on any atom is -0.334 e. The third-order valence-electron chi connectivity index (χ3n) is 18.8. The largest absolute Gasteiger partial charge is 0.334 e. The third-order valence-corrected chi connectivity index (χ3v) is 18.8. The highest BCUT2D eigenvalue weighted by Crippen LogP contribution is 2.62. The molecule has 2 aliphatic carbocycles. The molecule has 0 amide bonds. The average Bonchev–Trinajstić information content (AvgIpc) is 3.60. The van der Waals surface area contributed by atoms with Crippen LogP contribution in [0.1, 0.15) is 134 Å². The van der Waals surface area contributed by atoms with Crippen LogP contribution in [-0.4, -0.2) is 12.3 Å². The first kappa shape index (κ1) is 46.0. The van der Waals surface area contributed by atoms with Crippen LogP contribution in [0.2, 0.25) is 0 Å². The monoisotopic (exact) mass is 952 g/mol. The summed E-state index contributed by atoms with van der Waals surface area (Å²) < 4.78 is 0. The van der Waals surface area contributed by atoms with Gasteiger partial charge in [-0.1, -0.05) is 190 Å². The Bertz CT molecular complexity index is 3480. The molecule has 13 rings (SSSR count). The van der Waals surface area contributed by atoms with Crippen molar-refractivity contribution in [2.75, 3.05) is 14.7 Å². The second-order valence-electron chi connectivity index (χ2n) is 25.1. The summed E-state index contributed by atoms with van der Waals surface area (Å²) in [6, 6.07) is 68.2. The number of hydrogen-bond acceptors (Lipinski definition) is 3. The Morgan fingerprint density at radius 1 is 0.452 bits per heavy atom. The van der Waals surface area contributed by atoms with Gasteiger partial charge in [0.05, 0.1) is 11.2 Å². The van der Waals surface area contributed by atoms with E-state index < -0.39 is 0 Å². The van der Waals surface area contributed by atoms with Crippen molar-refractivity contribution in [3.8, 4) is 11.1 Å². The standard InChI is InChI=1S/C69H70BN3/c1-65(2,3)49-32-34-58(52(41-49)48-25-15-11-16-26-48)72-61-45-54-53(66(4,5)37-38-67(54,6)7)44-57(61)70-56-29-19-20-30-60(56)71(50-27-17-12-18-28-50)62-42-51(43-63(72)64(62)70)73-59-33-31-47(39-46-23-13-10-14-24-46)40-55(59)68(8)35-21-22-36-69(68,73)9/h10-20,23-34,40-45H,21-22,35-39H2,1-9H3. The molecule has 0 bridgehead atoms. The van der Waals surface area contributed by atoms with E-state index in [0.29, 0.717) is 0 Å². The number of fused-ring (bicyclic) bond motifs is 8. The molecule has 0 radical (unpaired) electrons. The van der Waals surface area contributed by atoms with Gasteiger partial charge in [-0.3, -0.25) is 0 Å². The van der Waals surface area contributed by atoms with Crippen LogP contribution in [-0.2, 0) is 28.1 Å². The van der Waals surface area contributed by atoms with E-state index in [0.717, 1.165) is 19.3 Å². The third kappa shape index (κ3) is 6.98. The Hall–Kier alpha value is -6.78. The molecule has 364 valence electrons. The second-order valence-corrected chi connectivity index (χ2v) is 25.1. The summed E-state index contributed by atoms with van der Waals surface area (Å²) in [5, 5.41) is 0. The smallest absolute Gasteiger partial charge is 0.252 e. The van der Waals surface area contributed by atoms with E-state index in [1.807, 2.05) is 0 Å². The normalized spacial score (nSPS) is 20.9. The Kier molecular flexibility index (Phi) is 10.3. The first-order valence-corrected chi connectivity index (χ1v) is 27.3. The van der Waals surface area contributed by atoms with E-state index >= 15 is 0 Å². The highest BCUT2D eigenvalue weighted by atomic mass is 15.3. The molecule has 2 unspecified atom stereocenters. The maximum absolute atomic E-state index is 2.83. The van der Waals surface area contributed by atoms with Crippen molar-refractivity contribution in [3.63, 3.8) is 0 Å². The first-order chi connectivity index (χ1) is 35.1. The average molecular weight is 952 g/mol. The lowest BCUT2D eigenvalue weighted by Crippen LogP contribution is -2.62. The number of anilines is 8. The molecule has 4 heteroatoms. The quantitative estimate of drug-likeness (QED) is 0.154. The zero-order valence-electron chi connectivity index (χ0n) is 44.6. The molecule has 1 saturated carbocycles. The Labute approximate surface area is 436 Å². The molecule has 3 aliphatic heterocycles. The van der Waals surface area contributed by atoms with Gasteiger partial charge in [0.15, 0.2) is 0 Å². The van der Waals surface area contributed by atoms with Crippen LogP contribution in [0.15, 0.2) is 176 Å². The van der Waals surface area contributed by atoms with Crippen LogP contribution in [0.3, 0.4) is 0 Å². The van der Waals surface area contributed by atoms with Gasteiger partial charge in [0.25, 0.3) is 6.71 Å². The molecule has 1 fully saturated rings. The van der Waals surface area contributed by atoms with Gasteiger partial charge in [-0.15, -0.1) is 0 Å². The maximum atomic E-state index is 2.83. The summed E-state index contributed by atoms with van der Waals surface area (Å²) in [5.74, 6) is 0. The van der Waals surface area contributed by atoms with Crippen LogP contribution < -0.4 is 31.1 Å². The van der Waals surface area contributed by atoms with Crippen LogP contribution in [0.4, 0.5) is 45.5 Å². The summed E-state index contributed by atoms with van der Waals surface area (Å²) in [6.45, 7) is 22.2. The molecular weight excluding hydrogens is 882 g/mol. The molecule has 73 heavy (non-hydrogen) atoms. The fourth-order valence-electron chi connectivity index (χ4n) is 14.4. The summed E-state index contributed by atoms with van der Waals surface area (Å²) >= 11 is 0. The van der Waals surface area contributed by atoms with Gasteiger partial charge in [0, 0.05) is 50.8 Å². The lowest BCUT2D eigenvalue weighted by molar-refractivity contribution is 0.195. The van der Waals surface area contributed by atoms with Gasteiger partial charge < -0.3 is 14.7 Å². The molecule has 3 heterocycles. The number of hydrogen-bond donors (Lipinski definition) is 0. The SMILES string of the molecule is CC(C)(C)c1ccc(N2c3cc4c(cc3B3c5ccccc5N(c5ccccc5)c5cc(N6c7ccc(Cc8ccccc8)cc7C7(C)CCCCC67C)cc2c53)C(C)(C)CCC4(C)C)c(-c2ccccc2)c1. The van der Waals surface area contributed by atoms with Gasteiger partial charge in [-0.2, -0.15) is 0 Å². The zero-order valence-corrected chi connectivity index (χ0v) is 44.6. The molecular formula is C69H70BN3. The van der Waals surface area contributed by atoms with Crippen LogP contribution in [0, 0.1) is 0 Å². The van der Waals surface area contributed by atoms with E-state index in [2.05, 4.69) is 253 Å². The summed E-state index contributed by atoms with van der Waals surface area (Å²) in [5.41, 5.74) is 25.1. The van der Waals surface area contributed by atoms with Crippen molar-refractivity contribution in [1.82, 2.24) is 0 Å². The van der Waals surface area contributed by atoms with Crippen LogP contribution in [0.5, 0.6) is 0 Å². The zero-order chi connectivity index (χ0) is 50.2. The van der Waals surface area contributed by atoms with Crippen LogP contribution >= 0.6 is 0 Å². The molecule has 0 N–H and O–H groups in total. The Balaban J connectivity index is 1.15. The van der Waals surface area contributed by atoms with Gasteiger partial charge in [0.1, 0.15) is 0 Å². The molecule has 8 aromatic rings. The van der Waals surface area contributed by atoms with Crippen molar-refractivity contribution in [1.29, 1.82) is 0 Å². The van der Waals surface area contributed by atoms with Gasteiger partial charge in [-0.05, 0) is 165 Å².